The third-order valence-electron chi connectivity index (χ3n) is 3.85. The number of rotatable bonds is 6. The predicted molar refractivity (Wildman–Crippen MR) is 89.5 cm³/mol. The fourth-order valence-corrected chi connectivity index (χ4v) is 2.54. The van der Waals surface area contributed by atoms with Crippen LogP contribution in [0.1, 0.15) is 31.7 Å². The second-order valence-electron chi connectivity index (χ2n) is 5.52. The number of hydrogen-bond donors (Lipinski definition) is 0. The van der Waals surface area contributed by atoms with Gasteiger partial charge in [0.25, 0.3) is 0 Å². The van der Waals surface area contributed by atoms with Gasteiger partial charge in [-0.05, 0) is 42.2 Å². The van der Waals surface area contributed by atoms with Gasteiger partial charge in [-0.25, -0.2) is 4.42 Å². The van der Waals surface area contributed by atoms with Crippen molar-refractivity contribution in [2.45, 2.75) is 32.6 Å². The van der Waals surface area contributed by atoms with Gasteiger partial charge in [0, 0.05) is 6.07 Å². The van der Waals surface area contributed by atoms with E-state index in [0.29, 0.717) is 0 Å². The van der Waals surface area contributed by atoms with E-state index in [2.05, 4.69) is 37.3 Å². The minimum Gasteiger partial charge on any atom is -0.455 e. The van der Waals surface area contributed by atoms with E-state index in [9.17, 15) is 0 Å². The molecule has 3 aromatic rings. The quantitative estimate of drug-likeness (QED) is 0.398. The fraction of sp³-hybridized carbons (Fsp3) is 0.250. The number of furan rings is 1. The molecule has 0 spiro atoms. The molecule has 0 saturated heterocycles. The van der Waals surface area contributed by atoms with Crippen molar-refractivity contribution in [3.63, 3.8) is 0 Å². The Morgan fingerprint density at radius 1 is 0.909 bits per heavy atom. The van der Waals surface area contributed by atoms with Gasteiger partial charge in [-0.1, -0.05) is 44.0 Å². The van der Waals surface area contributed by atoms with E-state index >= 15 is 0 Å². The van der Waals surface area contributed by atoms with Crippen LogP contribution in [0.5, 0.6) is 0 Å². The molecule has 0 saturated carbocycles. The van der Waals surface area contributed by atoms with E-state index in [1.54, 1.807) is 12.5 Å². The molecule has 0 bridgehead atoms. The standard InChI is InChI=1S/C20H21O2/c1-2-3-4-6-16-8-10-17(11-9-16)18-12-13-20(22-15-18)19-7-5-14-21-19/h5,7-15H,2-4,6H2,1H3/q+1. The van der Waals surface area contributed by atoms with Gasteiger partial charge in [0.2, 0.25) is 5.76 Å². The van der Waals surface area contributed by atoms with Crippen molar-refractivity contribution in [1.82, 2.24) is 0 Å². The lowest BCUT2D eigenvalue weighted by molar-refractivity contribution is 0.516. The maximum Gasteiger partial charge on any atom is 0.394 e. The van der Waals surface area contributed by atoms with E-state index in [0.717, 1.165) is 23.5 Å². The molecule has 0 aliphatic heterocycles. The van der Waals surface area contributed by atoms with Gasteiger partial charge in [-0.3, -0.25) is 0 Å². The second kappa shape index (κ2) is 7.08. The average molecular weight is 293 g/mol. The molecule has 0 unspecified atom stereocenters. The summed E-state index contributed by atoms with van der Waals surface area (Å²) in [6.45, 7) is 2.24. The Balaban J connectivity index is 1.71. The molecule has 0 N–H and O–H groups in total. The van der Waals surface area contributed by atoms with E-state index in [1.807, 2.05) is 18.2 Å². The predicted octanol–water partition coefficient (Wildman–Crippen LogP) is 6.22. The van der Waals surface area contributed by atoms with Crippen molar-refractivity contribution in [2.75, 3.05) is 0 Å². The van der Waals surface area contributed by atoms with Crippen LogP contribution < -0.4 is 0 Å². The first kappa shape index (κ1) is 14.6. The second-order valence-corrected chi connectivity index (χ2v) is 5.52. The molecule has 0 fully saturated rings. The summed E-state index contributed by atoms with van der Waals surface area (Å²) in [7, 11) is 0. The zero-order chi connectivity index (χ0) is 15.2. The lowest BCUT2D eigenvalue weighted by Gasteiger charge is -2.02. The SMILES string of the molecule is CCCCCc1ccc(-c2ccc(-c3ccco3)[o+]c2)cc1. The number of unbranched alkanes of at least 4 members (excludes halogenated alkanes) is 2. The van der Waals surface area contributed by atoms with Crippen LogP contribution in [0.25, 0.3) is 22.6 Å². The molecule has 0 atom stereocenters. The van der Waals surface area contributed by atoms with Gasteiger partial charge in [0.15, 0.2) is 0 Å². The summed E-state index contributed by atoms with van der Waals surface area (Å²) in [5.74, 6) is 1.49. The molecular weight excluding hydrogens is 272 g/mol. The monoisotopic (exact) mass is 293 g/mol. The van der Waals surface area contributed by atoms with Crippen molar-refractivity contribution >= 4 is 0 Å². The van der Waals surface area contributed by atoms with Crippen molar-refractivity contribution in [3.05, 3.63) is 66.6 Å². The smallest absolute Gasteiger partial charge is 0.394 e. The summed E-state index contributed by atoms with van der Waals surface area (Å²) in [6.07, 6.45) is 8.43. The van der Waals surface area contributed by atoms with Crippen LogP contribution >= 0.6 is 0 Å². The molecule has 1 aromatic carbocycles. The van der Waals surface area contributed by atoms with Crippen LogP contribution in [-0.2, 0) is 6.42 Å². The van der Waals surface area contributed by atoms with E-state index < -0.39 is 0 Å². The topological polar surface area (TPSA) is 24.4 Å². The molecule has 0 amide bonds. The van der Waals surface area contributed by atoms with Gasteiger partial charge in [0.1, 0.15) is 0 Å². The Kier molecular flexibility index (Phi) is 4.69. The van der Waals surface area contributed by atoms with Crippen LogP contribution in [0.2, 0.25) is 0 Å². The maximum absolute atomic E-state index is 5.67. The zero-order valence-corrected chi connectivity index (χ0v) is 12.9. The lowest BCUT2D eigenvalue weighted by atomic mass is 10.0. The molecule has 2 heterocycles. The van der Waals surface area contributed by atoms with E-state index in [-0.39, 0.29) is 0 Å². The third-order valence-corrected chi connectivity index (χ3v) is 3.85. The largest absolute Gasteiger partial charge is 0.455 e. The Morgan fingerprint density at radius 2 is 1.73 bits per heavy atom. The van der Waals surface area contributed by atoms with Gasteiger partial charge in [-0.15, -0.1) is 0 Å². The van der Waals surface area contributed by atoms with Gasteiger partial charge in [0.05, 0.1) is 11.8 Å². The van der Waals surface area contributed by atoms with Crippen LogP contribution in [-0.4, -0.2) is 0 Å². The van der Waals surface area contributed by atoms with E-state index in [4.69, 9.17) is 8.83 Å². The molecule has 2 heteroatoms. The Morgan fingerprint density at radius 3 is 2.36 bits per heavy atom. The van der Waals surface area contributed by atoms with Crippen molar-refractivity contribution in [2.24, 2.45) is 0 Å². The lowest BCUT2D eigenvalue weighted by Crippen LogP contribution is -1.86. The van der Waals surface area contributed by atoms with Crippen LogP contribution in [0.4, 0.5) is 0 Å². The van der Waals surface area contributed by atoms with Crippen molar-refractivity contribution < 1.29 is 8.83 Å². The zero-order valence-electron chi connectivity index (χ0n) is 12.9. The van der Waals surface area contributed by atoms with E-state index in [1.165, 1.54) is 30.4 Å². The third kappa shape index (κ3) is 3.45. The molecule has 3 rings (SSSR count). The molecule has 0 aliphatic rings. The first-order valence-electron chi connectivity index (χ1n) is 7.92. The first-order valence-corrected chi connectivity index (χ1v) is 7.92. The summed E-state index contributed by atoms with van der Waals surface area (Å²) in [4.78, 5) is 0. The number of hydrogen-bond acceptors (Lipinski definition) is 1. The Bertz CT molecular complexity index is 680. The Labute approximate surface area is 131 Å². The van der Waals surface area contributed by atoms with Crippen molar-refractivity contribution in [1.29, 1.82) is 0 Å². The highest BCUT2D eigenvalue weighted by atomic mass is 16.4. The molecule has 0 radical (unpaired) electrons. The first-order chi connectivity index (χ1) is 10.9. The summed E-state index contributed by atoms with van der Waals surface area (Å²) >= 11 is 0. The summed E-state index contributed by atoms with van der Waals surface area (Å²) < 4.78 is 11.0. The van der Waals surface area contributed by atoms with Crippen molar-refractivity contribution in [3.8, 4) is 22.6 Å². The highest BCUT2D eigenvalue weighted by Gasteiger charge is 2.14. The number of benzene rings is 1. The molecule has 22 heavy (non-hydrogen) atoms. The normalized spacial score (nSPS) is 10.8. The molecule has 2 nitrogen and oxygen atoms in total. The van der Waals surface area contributed by atoms with Crippen LogP contribution in [0, 0.1) is 0 Å². The minimum atomic E-state index is 0.741. The fourth-order valence-electron chi connectivity index (χ4n) is 2.54. The van der Waals surface area contributed by atoms with Crippen LogP contribution in [0.15, 0.2) is 69.9 Å². The summed E-state index contributed by atoms with van der Waals surface area (Å²) in [5.41, 5.74) is 3.66. The van der Waals surface area contributed by atoms with Gasteiger partial charge >= 0.3 is 12.0 Å². The summed E-state index contributed by atoms with van der Waals surface area (Å²) in [5, 5.41) is 0. The van der Waals surface area contributed by atoms with Gasteiger partial charge < -0.3 is 4.42 Å². The van der Waals surface area contributed by atoms with Gasteiger partial charge in [-0.2, -0.15) is 0 Å². The Hall–Kier alpha value is -2.35. The van der Waals surface area contributed by atoms with Crippen LogP contribution in [0.3, 0.4) is 0 Å². The highest BCUT2D eigenvalue weighted by molar-refractivity contribution is 5.64. The molecule has 2 aromatic heterocycles. The maximum atomic E-state index is 5.67. The minimum absolute atomic E-state index is 0.741. The average Bonchev–Trinajstić information content (AvgIpc) is 3.11. The molecular formula is C20H21O2+. The molecule has 0 aliphatic carbocycles. The highest BCUT2D eigenvalue weighted by Crippen LogP contribution is 2.25. The molecule has 112 valence electrons. The number of aryl methyl sites for hydroxylation is 1. The summed E-state index contributed by atoms with van der Waals surface area (Å²) in [6, 6.07) is 16.5.